The largest absolute Gasteiger partial charge is 0.464 e. The lowest BCUT2D eigenvalue weighted by Crippen LogP contribution is -2.30. The molecule has 2 atom stereocenters. The molecule has 2 unspecified atom stereocenters. The first kappa shape index (κ1) is 15.9. The van der Waals surface area contributed by atoms with Crippen LogP contribution in [0.4, 0.5) is 14.5 Å². The van der Waals surface area contributed by atoms with Crippen molar-refractivity contribution in [2.45, 2.75) is 19.1 Å². The van der Waals surface area contributed by atoms with E-state index >= 15 is 0 Å². The van der Waals surface area contributed by atoms with E-state index in [-0.39, 0.29) is 12.7 Å². The highest BCUT2D eigenvalue weighted by Gasteiger charge is 2.31. The molecule has 0 saturated carbocycles. The van der Waals surface area contributed by atoms with Crippen LogP contribution in [-0.2, 0) is 9.53 Å². The quantitative estimate of drug-likeness (QED) is 0.472. The monoisotopic (exact) mass is 291 g/mol. The first-order valence-corrected chi connectivity index (χ1v) is 5.45. The predicted molar refractivity (Wildman–Crippen MR) is 60.6 cm³/mol. The molecule has 0 fully saturated rings. The number of aliphatic hydroxyl groups is 2. The lowest BCUT2D eigenvalue weighted by Gasteiger charge is -2.17. The van der Waals surface area contributed by atoms with Crippen LogP contribution >= 0.6 is 0 Å². The second kappa shape index (κ2) is 6.35. The van der Waals surface area contributed by atoms with Gasteiger partial charge in [0.1, 0.15) is 11.9 Å². The van der Waals surface area contributed by atoms with Gasteiger partial charge in [0.25, 0.3) is 0 Å². The van der Waals surface area contributed by atoms with E-state index in [0.29, 0.717) is 6.07 Å². The summed E-state index contributed by atoms with van der Waals surface area (Å²) in [6, 6.07) is 0.604. The molecule has 110 valence electrons. The van der Waals surface area contributed by atoms with E-state index in [2.05, 4.69) is 4.74 Å². The van der Waals surface area contributed by atoms with E-state index in [9.17, 15) is 33.9 Å². The number of carbonyl (C=O) groups is 1. The molecule has 0 aliphatic heterocycles. The normalized spacial score (nSPS) is 13.7. The number of nitro groups is 1. The summed E-state index contributed by atoms with van der Waals surface area (Å²) in [5, 5.41) is 29.6. The zero-order valence-corrected chi connectivity index (χ0v) is 10.2. The molecule has 0 aliphatic rings. The fourth-order valence-electron chi connectivity index (χ4n) is 1.45. The standard InChI is InChI=1S/C11H11F2NO6/c1-2-20-11(17)10(16)9(15)5-3-8(14(18)19)7(13)4-6(5)12/h3-4,9-10,15-16H,2H2,1H3. The molecule has 1 rings (SSSR count). The predicted octanol–water partition coefficient (Wildman–Crippen LogP) is 0.830. The topological polar surface area (TPSA) is 110 Å². The van der Waals surface area contributed by atoms with Crippen LogP contribution in [-0.4, -0.2) is 33.8 Å². The van der Waals surface area contributed by atoms with Crippen molar-refractivity contribution in [2.75, 3.05) is 6.61 Å². The SMILES string of the molecule is CCOC(=O)C(O)C(O)c1cc([N+](=O)[O-])c(F)cc1F. The minimum Gasteiger partial charge on any atom is -0.464 e. The molecule has 7 nitrogen and oxygen atoms in total. The van der Waals surface area contributed by atoms with Crippen LogP contribution in [0, 0.1) is 21.7 Å². The van der Waals surface area contributed by atoms with Gasteiger partial charge in [0.15, 0.2) is 6.10 Å². The Morgan fingerprint density at radius 1 is 1.40 bits per heavy atom. The average Bonchev–Trinajstić information content (AvgIpc) is 2.37. The van der Waals surface area contributed by atoms with Crippen LogP contribution < -0.4 is 0 Å². The Labute approximate surface area is 111 Å². The second-order valence-electron chi connectivity index (χ2n) is 3.72. The summed E-state index contributed by atoms with van der Waals surface area (Å²) in [5.74, 6) is -4.00. The van der Waals surface area contributed by atoms with Gasteiger partial charge in [-0.25, -0.2) is 9.18 Å². The Kier molecular flexibility index (Phi) is 5.06. The summed E-state index contributed by atoms with van der Waals surface area (Å²) < 4.78 is 31.0. The van der Waals surface area contributed by atoms with Crippen molar-refractivity contribution in [3.8, 4) is 0 Å². The number of carbonyl (C=O) groups excluding carboxylic acids is 1. The molecule has 0 bridgehead atoms. The van der Waals surface area contributed by atoms with Gasteiger partial charge in [-0.05, 0) is 6.92 Å². The number of rotatable bonds is 5. The number of aliphatic hydroxyl groups excluding tert-OH is 2. The van der Waals surface area contributed by atoms with E-state index < -0.39 is 46.0 Å². The number of benzene rings is 1. The molecule has 0 radical (unpaired) electrons. The third-order valence-electron chi connectivity index (χ3n) is 2.41. The molecule has 9 heteroatoms. The molecule has 20 heavy (non-hydrogen) atoms. The van der Waals surface area contributed by atoms with Gasteiger partial charge in [0, 0.05) is 17.7 Å². The molecule has 1 aromatic rings. The molecule has 0 saturated heterocycles. The van der Waals surface area contributed by atoms with Crippen molar-refractivity contribution in [3.05, 3.63) is 39.4 Å². The van der Waals surface area contributed by atoms with Gasteiger partial charge in [-0.3, -0.25) is 10.1 Å². The van der Waals surface area contributed by atoms with Crippen molar-refractivity contribution in [2.24, 2.45) is 0 Å². The van der Waals surface area contributed by atoms with E-state index in [0.717, 1.165) is 0 Å². The fraction of sp³-hybridized carbons (Fsp3) is 0.364. The fourth-order valence-corrected chi connectivity index (χ4v) is 1.45. The van der Waals surface area contributed by atoms with Crippen LogP contribution in [0.15, 0.2) is 12.1 Å². The maximum Gasteiger partial charge on any atom is 0.338 e. The molecule has 0 spiro atoms. The van der Waals surface area contributed by atoms with Crippen molar-refractivity contribution in [3.63, 3.8) is 0 Å². The van der Waals surface area contributed by atoms with E-state index in [1.165, 1.54) is 6.92 Å². The lowest BCUT2D eigenvalue weighted by molar-refractivity contribution is -0.387. The molecular formula is C11H11F2NO6. The Hall–Kier alpha value is -2.13. The zero-order valence-electron chi connectivity index (χ0n) is 10.2. The van der Waals surface area contributed by atoms with E-state index in [4.69, 9.17) is 0 Å². The third kappa shape index (κ3) is 3.25. The Morgan fingerprint density at radius 2 is 2.00 bits per heavy atom. The number of nitro benzene ring substituents is 1. The summed E-state index contributed by atoms with van der Waals surface area (Å²) in [4.78, 5) is 20.6. The number of hydrogen-bond donors (Lipinski definition) is 2. The number of halogens is 2. The first-order valence-electron chi connectivity index (χ1n) is 5.45. The van der Waals surface area contributed by atoms with Gasteiger partial charge in [0.05, 0.1) is 11.5 Å². The highest BCUT2D eigenvalue weighted by Crippen LogP contribution is 2.27. The number of esters is 1. The molecule has 0 aliphatic carbocycles. The zero-order chi connectivity index (χ0) is 15.4. The summed E-state index contributed by atoms with van der Waals surface area (Å²) in [5.41, 5.74) is -1.87. The summed E-state index contributed by atoms with van der Waals surface area (Å²) >= 11 is 0. The maximum absolute atomic E-state index is 13.5. The van der Waals surface area contributed by atoms with Gasteiger partial charge in [0.2, 0.25) is 5.82 Å². The third-order valence-corrected chi connectivity index (χ3v) is 2.41. The molecular weight excluding hydrogens is 280 g/mol. The summed E-state index contributed by atoms with van der Waals surface area (Å²) in [6.07, 6.45) is -4.26. The molecule has 0 amide bonds. The van der Waals surface area contributed by atoms with Crippen molar-refractivity contribution in [1.29, 1.82) is 0 Å². The number of ether oxygens (including phenoxy) is 1. The van der Waals surface area contributed by atoms with E-state index in [1.807, 2.05) is 0 Å². The highest BCUT2D eigenvalue weighted by molar-refractivity contribution is 5.75. The Bertz CT molecular complexity index is 536. The molecule has 0 aromatic heterocycles. The highest BCUT2D eigenvalue weighted by atomic mass is 19.1. The first-order chi connectivity index (χ1) is 9.29. The Balaban J connectivity index is 3.15. The Morgan fingerprint density at radius 3 is 2.50 bits per heavy atom. The minimum absolute atomic E-state index is 0.0886. The molecule has 1 aromatic carbocycles. The van der Waals surface area contributed by atoms with Crippen LogP contribution in [0.25, 0.3) is 0 Å². The summed E-state index contributed by atoms with van der Waals surface area (Å²) in [7, 11) is 0. The second-order valence-corrected chi connectivity index (χ2v) is 3.72. The van der Waals surface area contributed by atoms with Crippen LogP contribution in [0.1, 0.15) is 18.6 Å². The minimum atomic E-state index is -2.14. The van der Waals surface area contributed by atoms with Crippen molar-refractivity contribution in [1.82, 2.24) is 0 Å². The van der Waals surface area contributed by atoms with E-state index in [1.54, 1.807) is 0 Å². The van der Waals surface area contributed by atoms with Crippen LogP contribution in [0.3, 0.4) is 0 Å². The van der Waals surface area contributed by atoms with Crippen LogP contribution in [0.2, 0.25) is 0 Å². The van der Waals surface area contributed by atoms with Crippen molar-refractivity contribution >= 4 is 11.7 Å². The van der Waals surface area contributed by atoms with Gasteiger partial charge < -0.3 is 14.9 Å². The summed E-state index contributed by atoms with van der Waals surface area (Å²) in [6.45, 7) is 1.36. The molecule has 0 heterocycles. The van der Waals surface area contributed by atoms with Gasteiger partial charge >= 0.3 is 11.7 Å². The number of hydrogen-bond acceptors (Lipinski definition) is 6. The smallest absolute Gasteiger partial charge is 0.338 e. The average molecular weight is 291 g/mol. The van der Waals surface area contributed by atoms with Gasteiger partial charge in [-0.1, -0.05) is 0 Å². The van der Waals surface area contributed by atoms with Crippen molar-refractivity contribution < 1.29 is 33.4 Å². The molecule has 2 N–H and O–H groups in total. The van der Waals surface area contributed by atoms with Gasteiger partial charge in [-0.15, -0.1) is 0 Å². The van der Waals surface area contributed by atoms with Crippen LogP contribution in [0.5, 0.6) is 0 Å². The van der Waals surface area contributed by atoms with Gasteiger partial charge in [-0.2, -0.15) is 4.39 Å². The number of nitrogens with zero attached hydrogens (tertiary/aromatic N) is 1. The maximum atomic E-state index is 13.5. The lowest BCUT2D eigenvalue weighted by atomic mass is 10.0.